The first-order valence-corrected chi connectivity index (χ1v) is 9.86. The summed E-state index contributed by atoms with van der Waals surface area (Å²) in [6.45, 7) is 8.54. The molecular weight excluding hydrogens is 372 g/mol. The number of nitro benzene ring substituents is 1. The van der Waals surface area contributed by atoms with E-state index in [0.717, 1.165) is 4.68 Å². The van der Waals surface area contributed by atoms with Gasteiger partial charge in [0.15, 0.2) is 0 Å². The third-order valence-corrected chi connectivity index (χ3v) is 6.76. The molecule has 0 spiro atoms. The Morgan fingerprint density at radius 3 is 2.33 bits per heavy atom. The molecule has 27 heavy (non-hydrogen) atoms. The van der Waals surface area contributed by atoms with E-state index >= 15 is 0 Å². The van der Waals surface area contributed by atoms with Gasteiger partial charge in [-0.05, 0) is 26.8 Å². The zero-order valence-electron chi connectivity index (χ0n) is 15.9. The molecule has 0 saturated carbocycles. The number of benzene rings is 1. The molecule has 9 nitrogen and oxygen atoms in total. The van der Waals surface area contributed by atoms with Crippen LogP contribution >= 0.6 is 0 Å². The van der Waals surface area contributed by atoms with Crippen LogP contribution in [0.25, 0.3) is 0 Å². The van der Waals surface area contributed by atoms with Crippen LogP contribution in [0.1, 0.15) is 41.2 Å². The molecule has 0 aliphatic carbocycles. The van der Waals surface area contributed by atoms with Gasteiger partial charge in [-0.2, -0.15) is 14.1 Å². The molecule has 0 saturated heterocycles. The minimum atomic E-state index is -3.80. The van der Waals surface area contributed by atoms with E-state index in [9.17, 15) is 23.3 Å². The van der Waals surface area contributed by atoms with Gasteiger partial charge < -0.3 is 0 Å². The van der Waals surface area contributed by atoms with E-state index in [4.69, 9.17) is 0 Å². The first-order valence-electron chi connectivity index (χ1n) is 8.42. The number of aromatic nitrogens is 2. The van der Waals surface area contributed by atoms with Crippen molar-refractivity contribution in [2.24, 2.45) is 0 Å². The molecule has 1 heterocycles. The van der Waals surface area contributed by atoms with Crippen molar-refractivity contribution in [1.29, 1.82) is 0 Å². The van der Waals surface area contributed by atoms with Crippen LogP contribution < -0.4 is 0 Å². The van der Waals surface area contributed by atoms with Gasteiger partial charge in [-0.25, -0.2) is 8.42 Å². The number of nitrogens with zero attached hydrogens (tertiary/aromatic N) is 4. The molecule has 0 aliphatic rings. The van der Waals surface area contributed by atoms with E-state index in [1.807, 2.05) is 0 Å². The second kappa shape index (κ2) is 7.57. The number of hydrogen-bond donors (Lipinski definition) is 0. The van der Waals surface area contributed by atoms with Crippen molar-refractivity contribution in [3.8, 4) is 0 Å². The highest BCUT2D eigenvalue weighted by atomic mass is 32.2. The Morgan fingerprint density at radius 1 is 1.22 bits per heavy atom. The number of aryl methyl sites for hydroxylation is 1. The average Bonchev–Trinajstić information content (AvgIpc) is 2.90. The summed E-state index contributed by atoms with van der Waals surface area (Å²) < 4.78 is 28.1. The number of carbonyl (C=O) groups is 1. The summed E-state index contributed by atoms with van der Waals surface area (Å²) in [5, 5.41) is 15.2. The lowest BCUT2D eigenvalue weighted by molar-refractivity contribution is -0.385. The molecule has 0 aliphatic heterocycles. The Labute approximate surface area is 157 Å². The van der Waals surface area contributed by atoms with E-state index in [-0.39, 0.29) is 33.1 Å². The Morgan fingerprint density at radius 2 is 1.81 bits per heavy atom. The predicted molar refractivity (Wildman–Crippen MR) is 99.4 cm³/mol. The summed E-state index contributed by atoms with van der Waals surface area (Å²) in [5.41, 5.74) is 0.499. The normalized spacial score (nSPS) is 11.8. The molecule has 0 radical (unpaired) electrons. The summed E-state index contributed by atoms with van der Waals surface area (Å²) in [4.78, 5) is 23.5. The topological polar surface area (TPSA) is 115 Å². The maximum atomic E-state index is 12.9. The summed E-state index contributed by atoms with van der Waals surface area (Å²) >= 11 is 0. The van der Waals surface area contributed by atoms with Crippen LogP contribution in [0.3, 0.4) is 0 Å². The Balaban J connectivity index is 2.62. The molecule has 0 atom stereocenters. The van der Waals surface area contributed by atoms with Gasteiger partial charge in [0.1, 0.15) is 4.90 Å². The lowest BCUT2D eigenvalue weighted by atomic mass is 10.1. The van der Waals surface area contributed by atoms with Crippen LogP contribution in [0.4, 0.5) is 5.69 Å². The van der Waals surface area contributed by atoms with Crippen LogP contribution in [0, 0.1) is 30.9 Å². The number of sulfonamides is 1. The zero-order valence-corrected chi connectivity index (χ0v) is 16.7. The van der Waals surface area contributed by atoms with Crippen molar-refractivity contribution in [2.45, 2.75) is 39.5 Å². The van der Waals surface area contributed by atoms with Crippen molar-refractivity contribution < 1.29 is 18.1 Å². The quantitative estimate of drug-likeness (QED) is 0.549. The van der Waals surface area contributed by atoms with Gasteiger partial charge in [0, 0.05) is 24.7 Å². The maximum Gasteiger partial charge on any atom is 0.278 e. The minimum absolute atomic E-state index is 0.0115. The molecule has 1 aromatic carbocycles. The molecule has 10 heteroatoms. The summed E-state index contributed by atoms with van der Waals surface area (Å²) in [6, 6.07) is 4.18. The monoisotopic (exact) mass is 394 g/mol. The molecule has 0 bridgehead atoms. The second-order valence-corrected chi connectivity index (χ2v) is 7.89. The molecule has 0 unspecified atom stereocenters. The molecule has 1 aromatic heterocycles. The second-order valence-electron chi connectivity index (χ2n) is 6.01. The maximum absolute atomic E-state index is 12.9. The Kier molecular flexibility index (Phi) is 5.81. The van der Waals surface area contributed by atoms with Gasteiger partial charge in [-0.15, -0.1) is 0 Å². The minimum Gasteiger partial charge on any atom is -0.267 e. The summed E-state index contributed by atoms with van der Waals surface area (Å²) in [7, 11) is -3.80. The predicted octanol–water partition coefficient (Wildman–Crippen LogP) is 2.44. The lowest BCUT2D eigenvalue weighted by Crippen LogP contribution is -2.31. The van der Waals surface area contributed by atoms with Crippen molar-refractivity contribution in [1.82, 2.24) is 14.1 Å². The Hall–Kier alpha value is -2.59. The van der Waals surface area contributed by atoms with Crippen LogP contribution in [0.2, 0.25) is 0 Å². The van der Waals surface area contributed by atoms with Crippen LogP contribution in [-0.4, -0.2) is 46.4 Å². The molecule has 0 amide bonds. The van der Waals surface area contributed by atoms with E-state index in [0.29, 0.717) is 13.1 Å². The Bertz CT molecular complexity index is 1010. The average molecular weight is 394 g/mol. The molecule has 0 N–H and O–H groups in total. The molecule has 146 valence electrons. The fraction of sp³-hybridized carbons (Fsp3) is 0.412. The van der Waals surface area contributed by atoms with Gasteiger partial charge in [0.25, 0.3) is 11.6 Å². The van der Waals surface area contributed by atoms with Crippen molar-refractivity contribution in [3.63, 3.8) is 0 Å². The largest absolute Gasteiger partial charge is 0.278 e. The van der Waals surface area contributed by atoms with Crippen molar-refractivity contribution >= 4 is 21.6 Å². The molecule has 0 fully saturated rings. The standard InChI is InChI=1S/C17H22N4O5S/c1-6-19(7-2)27(25,26)16-12(4)18-20(13(16)5)17(22)14-9-8-10-15(11(14)3)21(23)24/h8-10H,6-7H2,1-5H3. The highest BCUT2D eigenvalue weighted by molar-refractivity contribution is 7.89. The van der Waals surface area contributed by atoms with Gasteiger partial charge in [0.05, 0.1) is 21.9 Å². The first-order chi connectivity index (χ1) is 12.6. The van der Waals surface area contributed by atoms with E-state index in [2.05, 4.69) is 5.10 Å². The summed E-state index contributed by atoms with van der Waals surface area (Å²) in [6.07, 6.45) is 0. The van der Waals surface area contributed by atoms with E-state index < -0.39 is 20.9 Å². The van der Waals surface area contributed by atoms with Crippen LogP contribution in [0.5, 0.6) is 0 Å². The first kappa shape index (κ1) is 20.7. The van der Waals surface area contributed by atoms with Gasteiger partial charge in [0.2, 0.25) is 10.0 Å². The van der Waals surface area contributed by atoms with Crippen LogP contribution in [-0.2, 0) is 10.0 Å². The van der Waals surface area contributed by atoms with E-state index in [1.54, 1.807) is 13.8 Å². The third-order valence-electron chi connectivity index (χ3n) is 4.45. The van der Waals surface area contributed by atoms with Crippen molar-refractivity contribution in [2.75, 3.05) is 13.1 Å². The molecule has 2 aromatic rings. The zero-order chi connectivity index (χ0) is 20.5. The van der Waals surface area contributed by atoms with Gasteiger partial charge in [-0.3, -0.25) is 14.9 Å². The highest BCUT2D eigenvalue weighted by Gasteiger charge is 2.31. The van der Waals surface area contributed by atoms with E-state index in [1.165, 1.54) is 43.3 Å². The number of rotatable bonds is 6. The van der Waals surface area contributed by atoms with Gasteiger partial charge >= 0.3 is 0 Å². The summed E-state index contributed by atoms with van der Waals surface area (Å²) in [5.74, 6) is -0.613. The fourth-order valence-corrected chi connectivity index (χ4v) is 4.87. The smallest absolute Gasteiger partial charge is 0.267 e. The number of nitro groups is 1. The van der Waals surface area contributed by atoms with Crippen LogP contribution in [0.15, 0.2) is 23.1 Å². The highest BCUT2D eigenvalue weighted by Crippen LogP contribution is 2.26. The fourth-order valence-electron chi connectivity index (χ4n) is 3.06. The molecular formula is C17H22N4O5S. The third kappa shape index (κ3) is 3.50. The van der Waals surface area contributed by atoms with Crippen molar-refractivity contribution in [3.05, 3.63) is 50.8 Å². The number of carbonyl (C=O) groups excluding carboxylic acids is 1. The molecule has 2 rings (SSSR count). The van der Waals surface area contributed by atoms with Gasteiger partial charge in [-0.1, -0.05) is 19.9 Å². The number of hydrogen-bond acceptors (Lipinski definition) is 6. The SMILES string of the molecule is CCN(CC)S(=O)(=O)c1c(C)nn(C(=O)c2cccc([N+](=O)[O-])c2C)c1C. The lowest BCUT2D eigenvalue weighted by Gasteiger charge is -2.18.